The summed E-state index contributed by atoms with van der Waals surface area (Å²) in [6, 6.07) is 16.9. The van der Waals surface area contributed by atoms with E-state index in [0.717, 1.165) is 12.0 Å². The van der Waals surface area contributed by atoms with Crippen LogP contribution in [0.1, 0.15) is 39.8 Å². The molecule has 3 rings (SSSR count). The molecule has 1 aromatic heterocycles. The smallest absolute Gasteiger partial charge is 0.276 e. The molecule has 0 spiro atoms. The Balaban J connectivity index is 1.82. The number of nitrogens with one attached hydrogen (secondary N) is 2. The van der Waals surface area contributed by atoms with Gasteiger partial charge < -0.3 is 10.6 Å². The fourth-order valence-corrected chi connectivity index (χ4v) is 2.84. The van der Waals surface area contributed by atoms with Gasteiger partial charge in [-0.15, -0.1) is 0 Å². The van der Waals surface area contributed by atoms with Crippen molar-refractivity contribution in [2.24, 2.45) is 0 Å². The summed E-state index contributed by atoms with van der Waals surface area (Å²) in [6.45, 7) is 4.29. The van der Waals surface area contributed by atoms with Crippen molar-refractivity contribution in [2.75, 3.05) is 10.6 Å². The molecular formula is C22H22N4O3. The zero-order valence-corrected chi connectivity index (χ0v) is 16.3. The first-order valence-electron chi connectivity index (χ1n) is 9.34. The summed E-state index contributed by atoms with van der Waals surface area (Å²) in [6.07, 6.45) is 0.722. The Kier molecular flexibility index (Phi) is 6.19. The number of benzene rings is 2. The lowest BCUT2D eigenvalue weighted by Crippen LogP contribution is -2.26. The van der Waals surface area contributed by atoms with Crippen LogP contribution in [0.2, 0.25) is 0 Å². The molecular weight excluding hydrogens is 368 g/mol. The molecule has 3 aromatic rings. The van der Waals surface area contributed by atoms with Crippen molar-refractivity contribution in [1.29, 1.82) is 0 Å². The average Bonchev–Trinajstić information content (AvgIpc) is 2.70. The maximum absolute atomic E-state index is 12.7. The standard InChI is InChI=1S/C22H22N4O3/c1-3-13-26-20(27)12-11-19(25-26)22(29)24-18-10-5-4-9-17(18)21(28)23-16-8-6-7-15(2)14-16/h4-12,14H,3,13H2,1-2H3,(H,23,28)(H,24,29). The molecule has 0 bridgehead atoms. The summed E-state index contributed by atoms with van der Waals surface area (Å²) in [5.41, 5.74) is 2.22. The lowest BCUT2D eigenvalue weighted by atomic mass is 10.1. The molecule has 0 unspecified atom stereocenters. The first kappa shape index (κ1) is 20.0. The molecule has 0 saturated heterocycles. The number of anilines is 2. The van der Waals surface area contributed by atoms with Gasteiger partial charge in [0, 0.05) is 18.3 Å². The average molecular weight is 390 g/mol. The zero-order valence-electron chi connectivity index (χ0n) is 16.3. The van der Waals surface area contributed by atoms with Crippen LogP contribution in [-0.2, 0) is 6.54 Å². The van der Waals surface area contributed by atoms with Gasteiger partial charge in [-0.05, 0) is 49.2 Å². The van der Waals surface area contributed by atoms with Crippen molar-refractivity contribution < 1.29 is 9.59 Å². The highest BCUT2D eigenvalue weighted by molar-refractivity contribution is 6.12. The zero-order chi connectivity index (χ0) is 20.8. The van der Waals surface area contributed by atoms with Crippen molar-refractivity contribution in [3.8, 4) is 0 Å². The lowest BCUT2D eigenvalue weighted by molar-refractivity contribution is 0.101. The van der Waals surface area contributed by atoms with Gasteiger partial charge in [-0.1, -0.05) is 31.2 Å². The molecule has 0 aliphatic carbocycles. The first-order chi connectivity index (χ1) is 14.0. The van der Waals surface area contributed by atoms with Crippen LogP contribution in [-0.4, -0.2) is 21.6 Å². The van der Waals surface area contributed by atoms with E-state index < -0.39 is 5.91 Å². The van der Waals surface area contributed by atoms with E-state index in [1.165, 1.54) is 16.8 Å². The van der Waals surface area contributed by atoms with Gasteiger partial charge in [0.05, 0.1) is 11.3 Å². The van der Waals surface area contributed by atoms with E-state index in [1.54, 1.807) is 30.3 Å². The number of amides is 2. The topological polar surface area (TPSA) is 93.1 Å². The van der Waals surface area contributed by atoms with Gasteiger partial charge in [0.1, 0.15) is 5.69 Å². The monoisotopic (exact) mass is 390 g/mol. The van der Waals surface area contributed by atoms with Crippen LogP contribution >= 0.6 is 0 Å². The number of para-hydroxylation sites is 1. The number of rotatable bonds is 6. The molecule has 0 atom stereocenters. The predicted molar refractivity (Wildman–Crippen MR) is 112 cm³/mol. The fourth-order valence-electron chi connectivity index (χ4n) is 2.84. The van der Waals surface area contributed by atoms with Crippen LogP contribution in [0, 0.1) is 6.92 Å². The van der Waals surface area contributed by atoms with Crippen molar-refractivity contribution >= 4 is 23.2 Å². The molecule has 2 N–H and O–H groups in total. The molecule has 2 amide bonds. The minimum atomic E-state index is -0.495. The molecule has 0 fully saturated rings. The highest BCUT2D eigenvalue weighted by Crippen LogP contribution is 2.18. The van der Waals surface area contributed by atoms with Crippen LogP contribution in [0.25, 0.3) is 0 Å². The van der Waals surface area contributed by atoms with Crippen molar-refractivity contribution in [3.63, 3.8) is 0 Å². The van der Waals surface area contributed by atoms with Crippen molar-refractivity contribution in [1.82, 2.24) is 9.78 Å². The molecule has 2 aromatic carbocycles. The largest absolute Gasteiger partial charge is 0.322 e. The lowest BCUT2D eigenvalue weighted by Gasteiger charge is -2.12. The Morgan fingerprint density at radius 1 is 0.966 bits per heavy atom. The SMILES string of the molecule is CCCn1nc(C(=O)Nc2ccccc2C(=O)Nc2cccc(C)c2)ccc1=O. The summed E-state index contributed by atoms with van der Waals surface area (Å²) in [4.78, 5) is 37.2. The molecule has 0 aliphatic heterocycles. The van der Waals surface area contributed by atoms with E-state index in [9.17, 15) is 14.4 Å². The Bertz CT molecular complexity index is 1100. The molecule has 1 heterocycles. The number of carbonyl (C=O) groups is 2. The van der Waals surface area contributed by atoms with Gasteiger partial charge in [-0.25, -0.2) is 4.68 Å². The van der Waals surface area contributed by atoms with Crippen LogP contribution in [0.5, 0.6) is 0 Å². The van der Waals surface area contributed by atoms with Gasteiger partial charge >= 0.3 is 0 Å². The molecule has 148 valence electrons. The van der Waals surface area contributed by atoms with E-state index in [1.807, 2.05) is 32.0 Å². The maximum Gasteiger partial charge on any atom is 0.276 e. The molecule has 7 nitrogen and oxygen atoms in total. The van der Waals surface area contributed by atoms with E-state index in [4.69, 9.17) is 0 Å². The third-order valence-corrected chi connectivity index (χ3v) is 4.23. The third kappa shape index (κ3) is 4.95. The summed E-state index contributed by atoms with van der Waals surface area (Å²) in [5, 5.41) is 9.65. The normalized spacial score (nSPS) is 10.4. The molecule has 7 heteroatoms. The number of hydrogen-bond acceptors (Lipinski definition) is 4. The quantitative estimate of drug-likeness (QED) is 0.674. The Hall–Kier alpha value is -3.74. The van der Waals surface area contributed by atoms with Gasteiger partial charge in [0.2, 0.25) is 0 Å². The Morgan fingerprint density at radius 3 is 2.52 bits per heavy atom. The Labute approximate surface area is 168 Å². The molecule has 0 aliphatic rings. The first-order valence-corrected chi connectivity index (χ1v) is 9.34. The Morgan fingerprint density at radius 2 is 1.76 bits per heavy atom. The molecule has 0 saturated carbocycles. The van der Waals surface area contributed by atoms with E-state index in [-0.39, 0.29) is 17.2 Å². The van der Waals surface area contributed by atoms with Crippen molar-refractivity contribution in [3.05, 3.63) is 87.8 Å². The summed E-state index contributed by atoms with van der Waals surface area (Å²) in [7, 11) is 0. The predicted octanol–water partition coefficient (Wildman–Crippen LogP) is 3.47. The van der Waals surface area contributed by atoms with Gasteiger partial charge in [-0.3, -0.25) is 14.4 Å². The minimum Gasteiger partial charge on any atom is -0.322 e. The summed E-state index contributed by atoms with van der Waals surface area (Å²) >= 11 is 0. The van der Waals surface area contributed by atoms with Gasteiger partial charge in [0.15, 0.2) is 0 Å². The minimum absolute atomic E-state index is 0.104. The van der Waals surface area contributed by atoms with E-state index in [0.29, 0.717) is 23.5 Å². The number of carbonyl (C=O) groups excluding carboxylic acids is 2. The number of aryl methyl sites for hydroxylation is 2. The molecule has 29 heavy (non-hydrogen) atoms. The van der Waals surface area contributed by atoms with Gasteiger partial charge in [0.25, 0.3) is 17.4 Å². The highest BCUT2D eigenvalue weighted by Gasteiger charge is 2.16. The van der Waals surface area contributed by atoms with E-state index >= 15 is 0 Å². The number of aromatic nitrogens is 2. The van der Waals surface area contributed by atoms with Crippen LogP contribution in [0.3, 0.4) is 0 Å². The van der Waals surface area contributed by atoms with Crippen LogP contribution in [0.4, 0.5) is 11.4 Å². The van der Waals surface area contributed by atoms with Crippen molar-refractivity contribution in [2.45, 2.75) is 26.8 Å². The van der Waals surface area contributed by atoms with Gasteiger partial charge in [-0.2, -0.15) is 5.10 Å². The van der Waals surface area contributed by atoms with Crippen LogP contribution < -0.4 is 16.2 Å². The third-order valence-electron chi connectivity index (χ3n) is 4.23. The van der Waals surface area contributed by atoms with E-state index in [2.05, 4.69) is 15.7 Å². The molecule has 0 radical (unpaired) electrons. The second-order valence-electron chi connectivity index (χ2n) is 6.60. The van der Waals surface area contributed by atoms with Crippen LogP contribution in [0.15, 0.2) is 65.5 Å². The second-order valence-corrected chi connectivity index (χ2v) is 6.60. The summed E-state index contributed by atoms with van der Waals surface area (Å²) in [5.74, 6) is -0.832. The number of nitrogens with zero attached hydrogens (tertiary/aromatic N) is 2. The highest BCUT2D eigenvalue weighted by atomic mass is 16.2. The summed E-state index contributed by atoms with van der Waals surface area (Å²) < 4.78 is 1.26. The second kappa shape index (κ2) is 8.97. The fraction of sp³-hybridized carbons (Fsp3) is 0.182. The number of hydrogen-bond donors (Lipinski definition) is 2. The maximum atomic E-state index is 12.7.